The lowest BCUT2D eigenvalue weighted by atomic mass is 10.2. The lowest BCUT2D eigenvalue weighted by Gasteiger charge is -2.22. The van der Waals surface area contributed by atoms with Crippen molar-refractivity contribution >= 4 is 21.5 Å². The van der Waals surface area contributed by atoms with E-state index >= 15 is 0 Å². The molecule has 0 unspecified atom stereocenters. The van der Waals surface area contributed by atoms with Crippen LogP contribution in [0.25, 0.3) is 0 Å². The van der Waals surface area contributed by atoms with Gasteiger partial charge in [-0.25, -0.2) is 18.4 Å². The molecule has 20 heavy (non-hydrogen) atoms. The first-order valence-corrected chi connectivity index (χ1v) is 8.67. The van der Waals surface area contributed by atoms with Crippen LogP contribution in [-0.4, -0.2) is 51.0 Å². The van der Waals surface area contributed by atoms with Gasteiger partial charge in [-0.05, 0) is 6.92 Å². The first kappa shape index (κ1) is 16.7. The van der Waals surface area contributed by atoms with Crippen molar-refractivity contribution in [3.63, 3.8) is 0 Å². The van der Waals surface area contributed by atoms with Crippen molar-refractivity contribution in [2.24, 2.45) is 0 Å². The standard InChI is InChI=1S/C13H24N4O2S/c1-9(2)11-15-12(14-4)10(3)13(16-11)17(5)7-8-20(6,18)19/h9H,7-8H2,1-6H3,(H,14,15,16). The molecule has 0 aliphatic carbocycles. The fourth-order valence-electron chi connectivity index (χ4n) is 1.80. The summed E-state index contributed by atoms with van der Waals surface area (Å²) in [5.41, 5.74) is 0.924. The second-order valence-corrected chi connectivity index (χ2v) is 7.59. The summed E-state index contributed by atoms with van der Waals surface area (Å²) in [6.45, 7) is 6.41. The zero-order chi connectivity index (χ0) is 15.5. The van der Waals surface area contributed by atoms with Crippen molar-refractivity contribution in [2.45, 2.75) is 26.7 Å². The van der Waals surface area contributed by atoms with Crippen molar-refractivity contribution in [1.29, 1.82) is 0 Å². The van der Waals surface area contributed by atoms with E-state index in [2.05, 4.69) is 15.3 Å². The Morgan fingerprint density at radius 3 is 2.35 bits per heavy atom. The fourth-order valence-corrected chi connectivity index (χ4v) is 2.41. The molecule has 1 N–H and O–H groups in total. The molecule has 0 radical (unpaired) electrons. The molecular weight excluding hydrogens is 276 g/mol. The third kappa shape index (κ3) is 4.33. The molecule has 0 atom stereocenters. The SMILES string of the molecule is CNc1nc(C(C)C)nc(N(C)CCS(C)(=O)=O)c1C. The molecule has 114 valence electrons. The first-order chi connectivity index (χ1) is 9.15. The Kier molecular flexibility index (Phi) is 5.33. The zero-order valence-electron chi connectivity index (χ0n) is 13.1. The number of nitrogens with one attached hydrogen (secondary N) is 1. The van der Waals surface area contributed by atoms with Gasteiger partial charge in [-0.15, -0.1) is 0 Å². The van der Waals surface area contributed by atoms with Crippen molar-refractivity contribution in [3.8, 4) is 0 Å². The summed E-state index contributed by atoms with van der Waals surface area (Å²) in [5.74, 6) is 2.63. The second kappa shape index (κ2) is 6.39. The summed E-state index contributed by atoms with van der Waals surface area (Å²) in [6.07, 6.45) is 1.24. The third-order valence-electron chi connectivity index (χ3n) is 3.05. The average molecular weight is 300 g/mol. The van der Waals surface area contributed by atoms with E-state index in [1.54, 1.807) is 0 Å². The molecule has 0 saturated carbocycles. The van der Waals surface area contributed by atoms with Gasteiger partial charge in [0.25, 0.3) is 0 Å². The molecule has 0 saturated heterocycles. The summed E-state index contributed by atoms with van der Waals surface area (Å²) in [6, 6.07) is 0. The number of rotatable bonds is 6. The quantitative estimate of drug-likeness (QED) is 0.856. The fraction of sp³-hybridized carbons (Fsp3) is 0.692. The minimum atomic E-state index is -2.98. The van der Waals surface area contributed by atoms with E-state index in [0.717, 1.165) is 23.0 Å². The van der Waals surface area contributed by atoms with Gasteiger partial charge >= 0.3 is 0 Å². The van der Waals surface area contributed by atoms with Gasteiger partial charge in [0.2, 0.25) is 0 Å². The number of aromatic nitrogens is 2. The number of sulfone groups is 1. The van der Waals surface area contributed by atoms with E-state index in [1.807, 2.05) is 39.8 Å². The van der Waals surface area contributed by atoms with E-state index in [-0.39, 0.29) is 11.7 Å². The highest BCUT2D eigenvalue weighted by molar-refractivity contribution is 7.90. The number of hydrogen-bond donors (Lipinski definition) is 1. The van der Waals surface area contributed by atoms with Crippen LogP contribution in [-0.2, 0) is 9.84 Å². The van der Waals surface area contributed by atoms with Gasteiger partial charge in [0.15, 0.2) is 0 Å². The molecule has 7 heteroatoms. The van der Waals surface area contributed by atoms with Gasteiger partial charge in [0.05, 0.1) is 5.75 Å². The Morgan fingerprint density at radius 1 is 1.30 bits per heavy atom. The molecular formula is C13H24N4O2S. The maximum absolute atomic E-state index is 11.3. The lowest BCUT2D eigenvalue weighted by Crippen LogP contribution is -2.27. The lowest BCUT2D eigenvalue weighted by molar-refractivity contribution is 0.601. The Hall–Kier alpha value is -1.37. The van der Waals surface area contributed by atoms with Crippen LogP contribution < -0.4 is 10.2 Å². The van der Waals surface area contributed by atoms with Gasteiger partial charge in [-0.2, -0.15) is 0 Å². The van der Waals surface area contributed by atoms with E-state index in [0.29, 0.717) is 6.54 Å². The van der Waals surface area contributed by atoms with Gasteiger partial charge in [-0.1, -0.05) is 13.8 Å². The molecule has 1 aromatic rings. The molecule has 0 aromatic carbocycles. The molecule has 1 aromatic heterocycles. The maximum atomic E-state index is 11.3. The highest BCUT2D eigenvalue weighted by atomic mass is 32.2. The topological polar surface area (TPSA) is 75.2 Å². The molecule has 0 fully saturated rings. The van der Waals surface area contributed by atoms with Gasteiger partial charge in [0.1, 0.15) is 27.3 Å². The molecule has 0 aliphatic rings. The molecule has 1 rings (SSSR count). The largest absolute Gasteiger partial charge is 0.373 e. The predicted octanol–water partition coefficient (Wildman–Crippen LogP) is 1.43. The molecule has 0 bridgehead atoms. The predicted molar refractivity (Wildman–Crippen MR) is 83.4 cm³/mol. The minimum Gasteiger partial charge on any atom is -0.373 e. The molecule has 0 spiro atoms. The van der Waals surface area contributed by atoms with Crippen LogP contribution in [0.15, 0.2) is 0 Å². The van der Waals surface area contributed by atoms with E-state index < -0.39 is 9.84 Å². The molecule has 0 aliphatic heterocycles. The van der Waals surface area contributed by atoms with Gasteiger partial charge in [0, 0.05) is 38.4 Å². The molecule has 0 amide bonds. The highest BCUT2D eigenvalue weighted by Crippen LogP contribution is 2.25. The monoisotopic (exact) mass is 300 g/mol. The Bertz CT molecular complexity index is 570. The van der Waals surface area contributed by atoms with Crippen LogP contribution in [0.3, 0.4) is 0 Å². The number of anilines is 2. The Balaban J connectivity index is 3.12. The summed E-state index contributed by atoms with van der Waals surface area (Å²) in [5, 5.41) is 3.06. The van der Waals surface area contributed by atoms with E-state index in [1.165, 1.54) is 6.26 Å². The number of nitrogens with zero attached hydrogens (tertiary/aromatic N) is 3. The van der Waals surface area contributed by atoms with Crippen LogP contribution in [0.2, 0.25) is 0 Å². The zero-order valence-corrected chi connectivity index (χ0v) is 13.9. The van der Waals surface area contributed by atoms with Crippen LogP contribution in [0.1, 0.15) is 31.2 Å². The summed E-state index contributed by atoms with van der Waals surface area (Å²) in [4.78, 5) is 10.9. The Morgan fingerprint density at radius 2 is 1.90 bits per heavy atom. The molecule has 6 nitrogen and oxygen atoms in total. The van der Waals surface area contributed by atoms with Crippen molar-refractivity contribution in [2.75, 3.05) is 42.9 Å². The smallest absolute Gasteiger partial charge is 0.149 e. The van der Waals surface area contributed by atoms with E-state index in [4.69, 9.17) is 0 Å². The van der Waals surface area contributed by atoms with Crippen LogP contribution in [0.5, 0.6) is 0 Å². The van der Waals surface area contributed by atoms with Crippen LogP contribution in [0.4, 0.5) is 11.6 Å². The minimum absolute atomic E-state index is 0.110. The number of hydrogen-bond acceptors (Lipinski definition) is 6. The van der Waals surface area contributed by atoms with Gasteiger partial charge < -0.3 is 10.2 Å². The van der Waals surface area contributed by atoms with Crippen molar-refractivity contribution in [3.05, 3.63) is 11.4 Å². The normalized spacial score (nSPS) is 11.8. The summed E-state index contributed by atoms with van der Waals surface area (Å²) >= 11 is 0. The average Bonchev–Trinajstić information content (AvgIpc) is 2.35. The third-order valence-corrected chi connectivity index (χ3v) is 3.97. The maximum Gasteiger partial charge on any atom is 0.149 e. The van der Waals surface area contributed by atoms with Crippen LogP contribution >= 0.6 is 0 Å². The Labute approximate surface area is 121 Å². The van der Waals surface area contributed by atoms with Crippen LogP contribution in [0, 0.1) is 6.92 Å². The van der Waals surface area contributed by atoms with Crippen molar-refractivity contribution < 1.29 is 8.42 Å². The first-order valence-electron chi connectivity index (χ1n) is 6.61. The summed E-state index contributed by atoms with van der Waals surface area (Å²) < 4.78 is 22.6. The second-order valence-electron chi connectivity index (χ2n) is 5.34. The summed E-state index contributed by atoms with van der Waals surface area (Å²) in [7, 11) is 0.688. The van der Waals surface area contributed by atoms with Crippen molar-refractivity contribution in [1.82, 2.24) is 9.97 Å². The van der Waals surface area contributed by atoms with E-state index in [9.17, 15) is 8.42 Å². The van der Waals surface area contributed by atoms with Gasteiger partial charge in [-0.3, -0.25) is 0 Å². The highest BCUT2D eigenvalue weighted by Gasteiger charge is 2.16. The molecule has 1 heterocycles.